The summed E-state index contributed by atoms with van der Waals surface area (Å²) in [5.41, 5.74) is 6.54. The molecule has 3 aromatic carbocycles. The zero-order valence-electron chi connectivity index (χ0n) is 21.3. The lowest BCUT2D eigenvalue weighted by atomic mass is 10.0. The summed E-state index contributed by atoms with van der Waals surface area (Å²) < 4.78 is 8.38. The molecule has 1 N–H and O–H groups in total. The van der Waals surface area contributed by atoms with Crippen LogP contribution in [0.2, 0.25) is 0 Å². The zero-order valence-corrected chi connectivity index (χ0v) is 22.1. The summed E-state index contributed by atoms with van der Waals surface area (Å²) in [7, 11) is 0. The lowest BCUT2D eigenvalue weighted by molar-refractivity contribution is 0.482. The van der Waals surface area contributed by atoms with Crippen LogP contribution in [0.4, 0.5) is 5.69 Å². The summed E-state index contributed by atoms with van der Waals surface area (Å²) in [6.07, 6.45) is 1.83. The highest BCUT2D eigenvalue weighted by Gasteiger charge is 2.42. The molecule has 0 saturated carbocycles. The van der Waals surface area contributed by atoms with Crippen LogP contribution in [0.1, 0.15) is 34.7 Å². The van der Waals surface area contributed by atoms with Crippen LogP contribution in [0.15, 0.2) is 115 Å². The van der Waals surface area contributed by atoms with Gasteiger partial charge in [-0.05, 0) is 98.9 Å². The smallest absolute Gasteiger partial charge is 0.174 e. The first-order chi connectivity index (χ1) is 18.6. The van der Waals surface area contributed by atoms with Crippen LogP contribution in [0.5, 0.6) is 11.5 Å². The fourth-order valence-electron chi connectivity index (χ4n) is 5.07. The molecule has 3 heterocycles. The van der Waals surface area contributed by atoms with Crippen molar-refractivity contribution in [1.29, 1.82) is 0 Å². The molecule has 0 bridgehead atoms. The van der Waals surface area contributed by atoms with Gasteiger partial charge in [0.25, 0.3) is 0 Å². The lowest BCUT2D eigenvalue weighted by Gasteiger charge is -2.29. The van der Waals surface area contributed by atoms with E-state index >= 15 is 0 Å². The Balaban J connectivity index is 1.41. The number of nitrogens with one attached hydrogen (secondary N) is 1. The van der Waals surface area contributed by atoms with Gasteiger partial charge < -0.3 is 19.5 Å². The highest BCUT2D eigenvalue weighted by atomic mass is 32.1. The van der Waals surface area contributed by atoms with Gasteiger partial charge in [0.05, 0.1) is 11.7 Å². The molecule has 0 spiro atoms. The van der Waals surface area contributed by atoms with E-state index in [1.165, 1.54) is 5.56 Å². The summed E-state index contributed by atoms with van der Waals surface area (Å²) >= 11 is 5.94. The summed E-state index contributed by atoms with van der Waals surface area (Å²) in [4.78, 5) is 6.89. The molecule has 5 aromatic rings. The molecule has 5 nitrogen and oxygen atoms in total. The summed E-state index contributed by atoms with van der Waals surface area (Å²) in [6, 6.07) is 36.7. The van der Waals surface area contributed by atoms with Crippen molar-refractivity contribution in [2.75, 3.05) is 4.90 Å². The van der Waals surface area contributed by atoms with Crippen LogP contribution in [-0.2, 0) is 0 Å². The van der Waals surface area contributed by atoms with Gasteiger partial charge in [-0.3, -0.25) is 4.98 Å². The first-order valence-corrected chi connectivity index (χ1v) is 13.1. The SMILES string of the molecule is Cc1ccc(Oc2ccc(N3C(=S)NC(c4ccccn4)C3c3ccc(C)n3-c3ccccc3)cc2)cc1. The molecule has 0 amide bonds. The zero-order chi connectivity index (χ0) is 26.1. The van der Waals surface area contributed by atoms with Crippen molar-refractivity contribution >= 4 is 23.0 Å². The minimum absolute atomic E-state index is 0.116. The second-order valence-corrected chi connectivity index (χ2v) is 9.86. The van der Waals surface area contributed by atoms with Crippen LogP contribution < -0.4 is 15.0 Å². The van der Waals surface area contributed by atoms with E-state index in [0.29, 0.717) is 5.11 Å². The number of benzene rings is 3. The minimum Gasteiger partial charge on any atom is -0.457 e. The molecule has 1 aliphatic heterocycles. The summed E-state index contributed by atoms with van der Waals surface area (Å²) in [5, 5.41) is 4.23. The van der Waals surface area contributed by atoms with E-state index in [-0.39, 0.29) is 12.1 Å². The Morgan fingerprint density at radius 1 is 0.737 bits per heavy atom. The fourth-order valence-corrected chi connectivity index (χ4v) is 5.42. The second-order valence-electron chi connectivity index (χ2n) is 9.48. The van der Waals surface area contributed by atoms with Crippen molar-refractivity contribution in [2.24, 2.45) is 0 Å². The van der Waals surface area contributed by atoms with Crippen molar-refractivity contribution in [3.05, 3.63) is 138 Å². The average Bonchev–Trinajstić information content (AvgIpc) is 3.50. The Kier molecular flexibility index (Phi) is 6.40. The number of nitrogens with zero attached hydrogens (tertiary/aromatic N) is 3. The number of aromatic nitrogens is 2. The van der Waals surface area contributed by atoms with Crippen LogP contribution in [0, 0.1) is 13.8 Å². The molecule has 1 fully saturated rings. The van der Waals surface area contributed by atoms with Gasteiger partial charge in [0.1, 0.15) is 17.5 Å². The standard InChI is InChI=1S/C32H28N4OS/c1-22-11-16-26(17-12-22)37-27-18-14-25(15-19-27)36-31(30(34-32(36)38)28-10-6-7-21-33-28)29-20-13-23(2)35(29)24-8-4-3-5-9-24/h3-21,30-31H,1-2H3,(H,34,38). The topological polar surface area (TPSA) is 42.3 Å². The predicted octanol–water partition coefficient (Wildman–Crippen LogP) is 7.46. The highest BCUT2D eigenvalue weighted by Crippen LogP contribution is 2.43. The van der Waals surface area contributed by atoms with Gasteiger partial charge in [-0.2, -0.15) is 0 Å². The molecule has 6 heteroatoms. The number of rotatable bonds is 6. The van der Waals surface area contributed by atoms with Gasteiger partial charge in [-0.25, -0.2) is 0 Å². The third kappa shape index (κ3) is 4.55. The maximum atomic E-state index is 6.08. The quantitative estimate of drug-likeness (QED) is 0.237. The van der Waals surface area contributed by atoms with Crippen molar-refractivity contribution in [1.82, 2.24) is 14.9 Å². The van der Waals surface area contributed by atoms with E-state index < -0.39 is 0 Å². The molecular weight excluding hydrogens is 488 g/mol. The van der Waals surface area contributed by atoms with E-state index in [2.05, 4.69) is 83.2 Å². The largest absolute Gasteiger partial charge is 0.457 e. The number of thiocarbonyl (C=S) groups is 1. The highest BCUT2D eigenvalue weighted by molar-refractivity contribution is 7.80. The molecule has 2 atom stereocenters. The molecule has 2 unspecified atom stereocenters. The first-order valence-electron chi connectivity index (χ1n) is 12.7. The van der Waals surface area contributed by atoms with Crippen molar-refractivity contribution < 1.29 is 4.74 Å². The fraction of sp³-hybridized carbons (Fsp3) is 0.125. The Morgan fingerprint density at radius 2 is 1.42 bits per heavy atom. The van der Waals surface area contributed by atoms with E-state index in [0.717, 1.165) is 40.0 Å². The Hall–Kier alpha value is -4.42. The summed E-state index contributed by atoms with van der Waals surface area (Å²) in [6.45, 7) is 4.20. The Bertz CT molecular complexity index is 1550. The maximum Gasteiger partial charge on any atom is 0.174 e. The van der Waals surface area contributed by atoms with Crippen molar-refractivity contribution in [3.63, 3.8) is 0 Å². The van der Waals surface area contributed by atoms with Gasteiger partial charge in [-0.1, -0.05) is 42.0 Å². The van der Waals surface area contributed by atoms with E-state index in [1.54, 1.807) is 0 Å². The van der Waals surface area contributed by atoms with Crippen LogP contribution in [-0.4, -0.2) is 14.7 Å². The van der Waals surface area contributed by atoms with Crippen molar-refractivity contribution in [2.45, 2.75) is 25.9 Å². The third-order valence-corrected chi connectivity index (χ3v) is 7.21. The number of anilines is 1. The third-order valence-electron chi connectivity index (χ3n) is 6.89. The molecule has 1 aliphatic rings. The van der Waals surface area contributed by atoms with Gasteiger partial charge in [-0.15, -0.1) is 0 Å². The van der Waals surface area contributed by atoms with E-state index in [9.17, 15) is 0 Å². The van der Waals surface area contributed by atoms with Crippen LogP contribution in [0.25, 0.3) is 5.69 Å². The molecule has 0 aliphatic carbocycles. The van der Waals surface area contributed by atoms with Gasteiger partial charge >= 0.3 is 0 Å². The van der Waals surface area contributed by atoms with Crippen LogP contribution in [0.3, 0.4) is 0 Å². The number of pyridine rings is 1. The Labute approximate surface area is 228 Å². The molecule has 2 aromatic heterocycles. The van der Waals surface area contributed by atoms with Crippen molar-refractivity contribution in [3.8, 4) is 17.2 Å². The van der Waals surface area contributed by atoms with Gasteiger partial charge in [0, 0.05) is 29.0 Å². The maximum absolute atomic E-state index is 6.08. The molecular formula is C32H28N4OS. The molecule has 38 heavy (non-hydrogen) atoms. The van der Waals surface area contributed by atoms with Gasteiger partial charge in [0.15, 0.2) is 5.11 Å². The van der Waals surface area contributed by atoms with Crippen LogP contribution >= 0.6 is 12.2 Å². The number of para-hydroxylation sites is 1. The summed E-state index contributed by atoms with van der Waals surface area (Å²) in [5.74, 6) is 1.59. The monoisotopic (exact) mass is 516 g/mol. The predicted molar refractivity (Wildman–Crippen MR) is 156 cm³/mol. The average molecular weight is 517 g/mol. The minimum atomic E-state index is -0.121. The van der Waals surface area contributed by atoms with E-state index in [4.69, 9.17) is 21.9 Å². The lowest BCUT2D eigenvalue weighted by Crippen LogP contribution is -2.30. The van der Waals surface area contributed by atoms with Gasteiger partial charge in [0.2, 0.25) is 0 Å². The number of aryl methyl sites for hydroxylation is 2. The second kappa shape index (κ2) is 10.1. The Morgan fingerprint density at radius 3 is 2.11 bits per heavy atom. The normalized spacial score (nSPS) is 16.9. The number of hydrogen-bond acceptors (Lipinski definition) is 3. The number of hydrogen-bond donors (Lipinski definition) is 1. The molecule has 6 rings (SSSR count). The molecule has 0 radical (unpaired) electrons. The first kappa shape index (κ1) is 23.9. The number of ether oxygens (including phenoxy) is 1. The molecule has 1 saturated heterocycles. The van der Waals surface area contributed by atoms with E-state index in [1.807, 2.05) is 60.8 Å². The molecule has 188 valence electrons.